The molecule has 19 heavy (non-hydrogen) atoms. The van der Waals surface area contributed by atoms with Crippen molar-refractivity contribution >= 4 is 0 Å². The van der Waals surface area contributed by atoms with Gasteiger partial charge in [0.15, 0.2) is 0 Å². The molecule has 0 radical (unpaired) electrons. The van der Waals surface area contributed by atoms with Gasteiger partial charge in [-0.3, -0.25) is 0 Å². The fourth-order valence-corrected chi connectivity index (χ4v) is 2.16. The Hall–Kier alpha value is -1.80. The molecule has 0 saturated heterocycles. The Balaban J connectivity index is 2.13. The maximum atomic E-state index is 10.3. The van der Waals surface area contributed by atoms with Crippen LogP contribution in [0.3, 0.4) is 0 Å². The molecule has 2 nitrogen and oxygen atoms in total. The van der Waals surface area contributed by atoms with Crippen LogP contribution in [0.2, 0.25) is 0 Å². The lowest BCUT2D eigenvalue weighted by Crippen LogP contribution is -2.02. The molecule has 0 aliphatic rings. The predicted octanol–water partition coefficient (Wildman–Crippen LogP) is 3.53. The van der Waals surface area contributed by atoms with Crippen LogP contribution in [0.5, 0.6) is 5.75 Å². The molecule has 2 aromatic rings. The van der Waals surface area contributed by atoms with E-state index >= 15 is 0 Å². The average Bonchev–Trinajstić information content (AvgIpc) is 2.47. The van der Waals surface area contributed by atoms with Crippen LogP contribution < -0.4 is 4.74 Å². The molecule has 0 spiro atoms. The molecule has 2 rings (SSSR count). The van der Waals surface area contributed by atoms with Crippen LogP contribution in [0, 0.1) is 0 Å². The lowest BCUT2D eigenvalue weighted by Gasteiger charge is -2.13. The number of ether oxygens (including phenoxy) is 1. The van der Waals surface area contributed by atoms with Crippen molar-refractivity contribution in [1.82, 2.24) is 0 Å². The Kier molecular flexibility index (Phi) is 4.58. The van der Waals surface area contributed by atoms with Crippen molar-refractivity contribution in [3.05, 3.63) is 65.2 Å². The van der Waals surface area contributed by atoms with Crippen LogP contribution in [0.25, 0.3) is 0 Å². The highest BCUT2D eigenvalue weighted by Gasteiger charge is 2.09. The summed E-state index contributed by atoms with van der Waals surface area (Å²) in [5.74, 6) is 0.826. The molecule has 0 heterocycles. The minimum absolute atomic E-state index is 0.474. The molecule has 0 fully saturated rings. The number of rotatable bonds is 5. The molecule has 1 N–H and O–H groups in total. The number of aryl methyl sites for hydroxylation is 1. The summed E-state index contributed by atoms with van der Waals surface area (Å²) in [5, 5.41) is 10.3. The van der Waals surface area contributed by atoms with Crippen molar-refractivity contribution in [2.75, 3.05) is 7.11 Å². The summed E-state index contributed by atoms with van der Waals surface area (Å²) in [6, 6.07) is 16.0. The van der Waals surface area contributed by atoms with Gasteiger partial charge in [-0.25, -0.2) is 0 Å². The van der Waals surface area contributed by atoms with Gasteiger partial charge < -0.3 is 9.84 Å². The van der Waals surface area contributed by atoms with Crippen LogP contribution in [-0.2, 0) is 12.8 Å². The molecule has 0 aromatic heterocycles. The number of methoxy groups -OCH3 is 1. The fourth-order valence-electron chi connectivity index (χ4n) is 2.16. The Labute approximate surface area is 114 Å². The van der Waals surface area contributed by atoms with E-state index in [9.17, 15) is 5.11 Å². The van der Waals surface area contributed by atoms with Gasteiger partial charge in [0.2, 0.25) is 0 Å². The SMILES string of the molecule is CCc1cccc(C(O)Cc2cccc(OC)c2)c1. The first kappa shape index (κ1) is 13.6. The van der Waals surface area contributed by atoms with Gasteiger partial charge in [-0.05, 0) is 35.2 Å². The van der Waals surface area contributed by atoms with E-state index in [1.165, 1.54) is 5.56 Å². The summed E-state index contributed by atoms with van der Waals surface area (Å²) in [6.45, 7) is 2.12. The van der Waals surface area contributed by atoms with E-state index in [-0.39, 0.29) is 0 Å². The molecular weight excluding hydrogens is 236 g/mol. The average molecular weight is 256 g/mol. The summed E-state index contributed by atoms with van der Waals surface area (Å²) in [5.41, 5.74) is 3.30. The van der Waals surface area contributed by atoms with Crippen molar-refractivity contribution in [3.63, 3.8) is 0 Å². The summed E-state index contributed by atoms with van der Waals surface area (Å²) < 4.78 is 5.20. The second kappa shape index (κ2) is 6.39. The number of aliphatic hydroxyl groups excluding tert-OH is 1. The van der Waals surface area contributed by atoms with E-state index < -0.39 is 6.10 Å². The summed E-state index contributed by atoms with van der Waals surface area (Å²) in [6.07, 6.45) is 1.11. The highest BCUT2D eigenvalue weighted by Crippen LogP contribution is 2.22. The van der Waals surface area contributed by atoms with Gasteiger partial charge in [-0.2, -0.15) is 0 Å². The van der Waals surface area contributed by atoms with Gasteiger partial charge in [-0.15, -0.1) is 0 Å². The van der Waals surface area contributed by atoms with E-state index in [0.29, 0.717) is 6.42 Å². The van der Waals surface area contributed by atoms with E-state index in [1.807, 2.05) is 36.4 Å². The molecule has 0 aliphatic carbocycles. The monoisotopic (exact) mass is 256 g/mol. The Morgan fingerprint density at radius 3 is 2.53 bits per heavy atom. The second-order valence-corrected chi connectivity index (χ2v) is 4.67. The van der Waals surface area contributed by atoms with Crippen molar-refractivity contribution < 1.29 is 9.84 Å². The van der Waals surface area contributed by atoms with Crippen molar-refractivity contribution in [2.24, 2.45) is 0 Å². The van der Waals surface area contributed by atoms with Crippen LogP contribution in [0.1, 0.15) is 29.7 Å². The van der Waals surface area contributed by atoms with Crippen LogP contribution in [-0.4, -0.2) is 12.2 Å². The molecule has 100 valence electrons. The normalized spacial score (nSPS) is 12.2. The van der Waals surface area contributed by atoms with E-state index in [2.05, 4.69) is 19.1 Å². The third kappa shape index (κ3) is 3.58. The molecule has 2 aromatic carbocycles. The smallest absolute Gasteiger partial charge is 0.119 e. The van der Waals surface area contributed by atoms with Crippen molar-refractivity contribution in [1.29, 1.82) is 0 Å². The number of aliphatic hydroxyl groups is 1. The van der Waals surface area contributed by atoms with Crippen LogP contribution >= 0.6 is 0 Å². The quantitative estimate of drug-likeness (QED) is 0.886. The highest BCUT2D eigenvalue weighted by atomic mass is 16.5. The molecule has 0 bridgehead atoms. The number of hydrogen-bond acceptors (Lipinski definition) is 2. The Morgan fingerprint density at radius 2 is 1.79 bits per heavy atom. The maximum Gasteiger partial charge on any atom is 0.119 e. The standard InChI is InChI=1S/C17H20O2/c1-3-13-6-4-8-15(10-13)17(18)12-14-7-5-9-16(11-14)19-2/h4-11,17-18H,3,12H2,1-2H3. The molecule has 0 saturated carbocycles. The van der Waals surface area contributed by atoms with E-state index in [4.69, 9.17) is 4.74 Å². The first-order valence-corrected chi connectivity index (χ1v) is 6.62. The minimum Gasteiger partial charge on any atom is -0.497 e. The van der Waals surface area contributed by atoms with Gasteiger partial charge in [0.1, 0.15) is 5.75 Å². The zero-order valence-electron chi connectivity index (χ0n) is 11.5. The first-order chi connectivity index (χ1) is 9.22. The predicted molar refractivity (Wildman–Crippen MR) is 77.5 cm³/mol. The largest absolute Gasteiger partial charge is 0.497 e. The third-order valence-electron chi connectivity index (χ3n) is 3.31. The lowest BCUT2D eigenvalue weighted by atomic mass is 9.99. The maximum absolute atomic E-state index is 10.3. The molecule has 2 heteroatoms. The fraction of sp³-hybridized carbons (Fsp3) is 0.294. The van der Waals surface area contributed by atoms with Crippen LogP contribution in [0.4, 0.5) is 0 Å². The first-order valence-electron chi connectivity index (χ1n) is 6.62. The van der Waals surface area contributed by atoms with Gasteiger partial charge in [0.25, 0.3) is 0 Å². The van der Waals surface area contributed by atoms with Crippen molar-refractivity contribution in [2.45, 2.75) is 25.9 Å². The summed E-state index contributed by atoms with van der Waals surface area (Å²) in [4.78, 5) is 0. The molecule has 0 amide bonds. The van der Waals surface area contributed by atoms with Gasteiger partial charge in [0, 0.05) is 6.42 Å². The number of benzene rings is 2. The van der Waals surface area contributed by atoms with Crippen LogP contribution in [0.15, 0.2) is 48.5 Å². The van der Waals surface area contributed by atoms with Gasteiger partial charge in [-0.1, -0.05) is 43.3 Å². The Bertz CT molecular complexity index is 534. The summed E-state index contributed by atoms with van der Waals surface area (Å²) >= 11 is 0. The minimum atomic E-state index is -0.474. The van der Waals surface area contributed by atoms with Gasteiger partial charge in [0.05, 0.1) is 13.2 Å². The molecule has 1 unspecified atom stereocenters. The topological polar surface area (TPSA) is 29.5 Å². The zero-order chi connectivity index (χ0) is 13.7. The summed E-state index contributed by atoms with van der Waals surface area (Å²) in [7, 11) is 1.65. The zero-order valence-corrected chi connectivity index (χ0v) is 11.5. The lowest BCUT2D eigenvalue weighted by molar-refractivity contribution is 0.178. The number of hydrogen-bond donors (Lipinski definition) is 1. The molecular formula is C17H20O2. The molecule has 1 atom stereocenters. The van der Waals surface area contributed by atoms with E-state index in [0.717, 1.165) is 23.3 Å². The van der Waals surface area contributed by atoms with Gasteiger partial charge >= 0.3 is 0 Å². The molecule has 0 aliphatic heterocycles. The van der Waals surface area contributed by atoms with Crippen molar-refractivity contribution in [3.8, 4) is 5.75 Å². The van der Waals surface area contributed by atoms with E-state index in [1.54, 1.807) is 7.11 Å². The third-order valence-corrected chi connectivity index (χ3v) is 3.31. The second-order valence-electron chi connectivity index (χ2n) is 4.67. The highest BCUT2D eigenvalue weighted by molar-refractivity contribution is 5.31. The Morgan fingerprint density at radius 1 is 1.05 bits per heavy atom.